The molecule has 1 aliphatic carbocycles. The van der Waals surface area contributed by atoms with Gasteiger partial charge in [0.2, 0.25) is 0 Å². The van der Waals surface area contributed by atoms with Gasteiger partial charge in [0.1, 0.15) is 16.6 Å². The van der Waals surface area contributed by atoms with Crippen LogP contribution in [-0.2, 0) is 4.74 Å². The largest absolute Gasteiger partial charge is 0.359 e. The highest BCUT2D eigenvalue weighted by Gasteiger charge is 2.50. The standard InChI is InChI=1S/C7H7Cl4FO/c1-13-7(11)4(8)2-3(12)5(9)6(7)10/h2,4-6H,1H3. The second-order valence-electron chi connectivity index (χ2n) is 2.66. The second-order valence-corrected chi connectivity index (χ2v) is 4.66. The number of alkyl halides is 4. The number of hydrogen-bond donors (Lipinski definition) is 0. The fourth-order valence-corrected chi connectivity index (χ4v) is 2.33. The maximum absolute atomic E-state index is 13.0. The molecular weight excluding hydrogens is 261 g/mol. The molecule has 0 heterocycles. The van der Waals surface area contributed by atoms with Gasteiger partial charge in [-0.2, -0.15) is 0 Å². The van der Waals surface area contributed by atoms with Crippen molar-refractivity contribution in [3.05, 3.63) is 11.9 Å². The molecule has 1 aliphatic rings. The van der Waals surface area contributed by atoms with Gasteiger partial charge in [-0.1, -0.05) is 11.6 Å². The van der Waals surface area contributed by atoms with Gasteiger partial charge in [0, 0.05) is 7.11 Å². The normalized spacial score (nSPS) is 46.0. The van der Waals surface area contributed by atoms with E-state index < -0.39 is 27.0 Å². The van der Waals surface area contributed by atoms with Crippen molar-refractivity contribution in [1.29, 1.82) is 0 Å². The predicted octanol–water partition coefficient (Wildman–Crippen LogP) is 3.26. The van der Waals surface area contributed by atoms with Gasteiger partial charge in [-0.25, -0.2) is 4.39 Å². The number of methoxy groups -OCH3 is 1. The lowest BCUT2D eigenvalue weighted by atomic mass is 10.0. The molecule has 76 valence electrons. The average Bonchev–Trinajstić information content (AvgIpc) is 2.11. The van der Waals surface area contributed by atoms with Crippen molar-refractivity contribution in [3.8, 4) is 0 Å². The first-order valence-corrected chi connectivity index (χ1v) is 5.15. The monoisotopic (exact) mass is 266 g/mol. The van der Waals surface area contributed by atoms with E-state index in [2.05, 4.69) is 0 Å². The van der Waals surface area contributed by atoms with E-state index in [1.807, 2.05) is 0 Å². The first kappa shape index (κ1) is 11.9. The Labute approximate surface area is 95.7 Å². The van der Waals surface area contributed by atoms with Crippen LogP contribution in [-0.4, -0.2) is 28.3 Å². The molecule has 0 fully saturated rings. The zero-order chi connectivity index (χ0) is 10.2. The number of halogens is 5. The van der Waals surface area contributed by atoms with Crippen LogP contribution < -0.4 is 0 Å². The summed E-state index contributed by atoms with van der Waals surface area (Å²) in [7, 11) is 1.35. The Bertz CT molecular complexity index is 235. The third-order valence-corrected chi connectivity index (χ3v) is 4.35. The van der Waals surface area contributed by atoms with E-state index in [1.54, 1.807) is 0 Å². The van der Waals surface area contributed by atoms with E-state index in [9.17, 15) is 4.39 Å². The van der Waals surface area contributed by atoms with E-state index in [0.29, 0.717) is 0 Å². The van der Waals surface area contributed by atoms with Crippen LogP contribution in [0.15, 0.2) is 11.9 Å². The van der Waals surface area contributed by atoms with Gasteiger partial charge in [-0.3, -0.25) is 0 Å². The fourth-order valence-electron chi connectivity index (χ4n) is 1.06. The van der Waals surface area contributed by atoms with Crippen molar-refractivity contribution in [3.63, 3.8) is 0 Å². The molecule has 0 spiro atoms. The molecule has 0 amide bonds. The fraction of sp³-hybridized carbons (Fsp3) is 0.714. The minimum absolute atomic E-state index is 0.574. The van der Waals surface area contributed by atoms with Crippen molar-refractivity contribution < 1.29 is 9.13 Å². The molecule has 0 radical (unpaired) electrons. The van der Waals surface area contributed by atoms with Crippen LogP contribution in [0.2, 0.25) is 0 Å². The molecule has 0 bridgehead atoms. The molecule has 0 aliphatic heterocycles. The Morgan fingerprint density at radius 2 is 2.00 bits per heavy atom. The summed E-state index contributed by atoms with van der Waals surface area (Å²) in [5, 5.41) is -4.11. The molecule has 4 atom stereocenters. The smallest absolute Gasteiger partial charge is 0.179 e. The Kier molecular flexibility index (Phi) is 3.75. The van der Waals surface area contributed by atoms with E-state index in [-0.39, 0.29) is 0 Å². The van der Waals surface area contributed by atoms with Crippen LogP contribution in [0.1, 0.15) is 0 Å². The number of ether oxygens (including phenoxy) is 1. The highest BCUT2D eigenvalue weighted by molar-refractivity contribution is 6.41. The van der Waals surface area contributed by atoms with E-state index in [1.165, 1.54) is 7.11 Å². The van der Waals surface area contributed by atoms with Crippen molar-refractivity contribution >= 4 is 46.4 Å². The van der Waals surface area contributed by atoms with Gasteiger partial charge in [0.05, 0.1) is 5.38 Å². The van der Waals surface area contributed by atoms with Crippen molar-refractivity contribution in [2.75, 3.05) is 7.11 Å². The summed E-state index contributed by atoms with van der Waals surface area (Å²) < 4.78 is 17.9. The van der Waals surface area contributed by atoms with Gasteiger partial charge in [0.15, 0.2) is 5.06 Å². The quantitative estimate of drug-likeness (QED) is 0.663. The summed E-state index contributed by atoms with van der Waals surface area (Å²) in [6.07, 6.45) is 1.11. The second kappa shape index (κ2) is 4.11. The van der Waals surface area contributed by atoms with Crippen LogP contribution in [0.4, 0.5) is 4.39 Å². The summed E-state index contributed by atoms with van der Waals surface area (Å²) in [6.45, 7) is 0. The molecule has 4 unspecified atom stereocenters. The molecule has 0 N–H and O–H groups in total. The van der Waals surface area contributed by atoms with Crippen LogP contribution in [0.3, 0.4) is 0 Å². The molecule has 0 aromatic carbocycles. The first-order chi connectivity index (χ1) is 5.93. The highest BCUT2D eigenvalue weighted by Crippen LogP contribution is 2.43. The third kappa shape index (κ3) is 1.93. The van der Waals surface area contributed by atoms with Gasteiger partial charge in [-0.05, 0) is 6.08 Å². The first-order valence-electron chi connectivity index (χ1n) is 3.47. The Morgan fingerprint density at radius 3 is 2.46 bits per heavy atom. The molecule has 0 saturated carbocycles. The predicted molar refractivity (Wildman–Crippen MR) is 53.7 cm³/mol. The zero-order valence-corrected chi connectivity index (χ0v) is 9.63. The highest BCUT2D eigenvalue weighted by atomic mass is 35.5. The maximum atomic E-state index is 13.0. The van der Waals surface area contributed by atoms with Gasteiger partial charge < -0.3 is 4.74 Å². The van der Waals surface area contributed by atoms with Crippen molar-refractivity contribution in [2.24, 2.45) is 0 Å². The van der Waals surface area contributed by atoms with Crippen LogP contribution in [0, 0.1) is 0 Å². The summed E-state index contributed by atoms with van der Waals surface area (Å²) in [4.78, 5) is 0. The number of hydrogen-bond acceptors (Lipinski definition) is 1. The Hall–Kier alpha value is 0.790. The molecule has 6 heteroatoms. The summed E-state index contributed by atoms with van der Waals surface area (Å²) in [6, 6.07) is 0. The molecule has 13 heavy (non-hydrogen) atoms. The number of rotatable bonds is 1. The molecular formula is C7H7Cl4FO. The SMILES string of the molecule is COC1(Cl)C(Cl)C=C(F)C(Cl)C1Cl. The van der Waals surface area contributed by atoms with E-state index >= 15 is 0 Å². The van der Waals surface area contributed by atoms with Crippen molar-refractivity contribution in [2.45, 2.75) is 21.2 Å². The molecule has 0 aromatic rings. The average molecular weight is 268 g/mol. The van der Waals surface area contributed by atoms with Gasteiger partial charge >= 0.3 is 0 Å². The summed E-state index contributed by atoms with van der Waals surface area (Å²) >= 11 is 23.2. The zero-order valence-electron chi connectivity index (χ0n) is 6.61. The minimum atomic E-state index is -1.36. The van der Waals surface area contributed by atoms with Crippen molar-refractivity contribution in [1.82, 2.24) is 0 Å². The van der Waals surface area contributed by atoms with Gasteiger partial charge in [-0.15, -0.1) is 34.8 Å². The summed E-state index contributed by atoms with van der Waals surface area (Å²) in [5.74, 6) is -0.574. The summed E-state index contributed by atoms with van der Waals surface area (Å²) in [5.41, 5.74) is 0. The van der Waals surface area contributed by atoms with Crippen LogP contribution in [0.25, 0.3) is 0 Å². The van der Waals surface area contributed by atoms with E-state index in [0.717, 1.165) is 6.08 Å². The lowest BCUT2D eigenvalue weighted by molar-refractivity contribution is 0.0600. The lowest BCUT2D eigenvalue weighted by Crippen LogP contribution is -2.50. The molecule has 0 aromatic heterocycles. The minimum Gasteiger partial charge on any atom is -0.359 e. The lowest BCUT2D eigenvalue weighted by Gasteiger charge is -2.38. The van der Waals surface area contributed by atoms with Crippen LogP contribution >= 0.6 is 46.4 Å². The van der Waals surface area contributed by atoms with Crippen LogP contribution in [0.5, 0.6) is 0 Å². The third-order valence-electron chi connectivity index (χ3n) is 1.89. The number of allylic oxidation sites excluding steroid dienone is 1. The molecule has 1 rings (SSSR count). The maximum Gasteiger partial charge on any atom is 0.179 e. The molecule has 1 nitrogen and oxygen atoms in total. The Morgan fingerprint density at radius 1 is 1.46 bits per heavy atom. The van der Waals surface area contributed by atoms with E-state index in [4.69, 9.17) is 51.1 Å². The topological polar surface area (TPSA) is 9.23 Å². The molecule has 0 saturated heterocycles. The van der Waals surface area contributed by atoms with Gasteiger partial charge in [0.25, 0.3) is 0 Å². The Balaban J connectivity index is 3.02.